The third-order valence-corrected chi connectivity index (χ3v) is 5.12. The number of aromatic nitrogens is 4. The zero-order chi connectivity index (χ0) is 17.4. The second-order valence-corrected chi connectivity index (χ2v) is 6.88. The zero-order valence-corrected chi connectivity index (χ0v) is 14.5. The normalized spacial score (nSPS) is 23.6. The number of imidazole rings is 1. The summed E-state index contributed by atoms with van der Waals surface area (Å²) in [4.78, 5) is 8.97. The van der Waals surface area contributed by atoms with Gasteiger partial charge in [0.1, 0.15) is 5.82 Å². The van der Waals surface area contributed by atoms with E-state index in [0.29, 0.717) is 24.7 Å². The van der Waals surface area contributed by atoms with Crippen molar-refractivity contribution in [2.24, 2.45) is 13.0 Å². The molecular weight excluding hydrogens is 318 g/mol. The van der Waals surface area contributed by atoms with Gasteiger partial charge in [0, 0.05) is 19.5 Å². The Morgan fingerprint density at radius 3 is 2.88 bits per heavy atom. The zero-order valence-electron chi connectivity index (χ0n) is 14.5. The maximum Gasteiger partial charge on any atom is 0.229 e. The topological polar surface area (TPSA) is 89.0 Å². The van der Waals surface area contributed by atoms with Crippen molar-refractivity contribution in [3.8, 4) is 0 Å². The number of nitrogens with zero attached hydrogens (tertiary/aromatic N) is 4. The summed E-state index contributed by atoms with van der Waals surface area (Å²) in [5, 5.41) is 17.6. The molecule has 132 valence electrons. The predicted molar refractivity (Wildman–Crippen MR) is 92.9 cm³/mol. The molecule has 0 spiro atoms. The monoisotopic (exact) mass is 341 g/mol. The largest absolute Gasteiger partial charge is 0.393 e. The molecule has 1 aliphatic carbocycles. The van der Waals surface area contributed by atoms with E-state index in [2.05, 4.69) is 31.1 Å². The number of hydrogen-bond acceptors (Lipinski definition) is 6. The van der Waals surface area contributed by atoms with E-state index in [9.17, 15) is 5.11 Å². The second-order valence-electron chi connectivity index (χ2n) is 6.88. The highest BCUT2D eigenvalue weighted by atomic mass is 16.5. The van der Waals surface area contributed by atoms with Gasteiger partial charge in [-0.3, -0.25) is 0 Å². The minimum Gasteiger partial charge on any atom is -0.393 e. The summed E-state index contributed by atoms with van der Waals surface area (Å²) in [5.41, 5.74) is 2.14. The van der Waals surface area contributed by atoms with E-state index in [1.165, 1.54) is 0 Å². The highest BCUT2D eigenvalue weighted by Gasteiger charge is 2.36. The SMILES string of the molecule is Cc1noc([C@H]2C[C@H](CNCc3nc4ccccc4n3C)[C@H](O)C2)n1. The van der Waals surface area contributed by atoms with Crippen molar-refractivity contribution in [3.05, 3.63) is 41.8 Å². The van der Waals surface area contributed by atoms with Crippen molar-refractivity contribution in [2.45, 2.75) is 38.3 Å². The summed E-state index contributed by atoms with van der Waals surface area (Å²) in [6.45, 7) is 3.24. The number of aliphatic hydroxyl groups is 1. The van der Waals surface area contributed by atoms with E-state index in [0.717, 1.165) is 29.8 Å². The number of para-hydroxylation sites is 2. The summed E-state index contributed by atoms with van der Waals surface area (Å²) in [6, 6.07) is 8.12. The van der Waals surface area contributed by atoms with Gasteiger partial charge in [-0.2, -0.15) is 4.98 Å². The Morgan fingerprint density at radius 2 is 2.12 bits per heavy atom. The first-order valence-corrected chi connectivity index (χ1v) is 8.71. The Hall–Kier alpha value is -2.25. The molecular formula is C18H23N5O2. The van der Waals surface area contributed by atoms with Crippen molar-refractivity contribution in [3.63, 3.8) is 0 Å². The molecule has 1 aromatic carbocycles. The van der Waals surface area contributed by atoms with Crippen LogP contribution in [0.3, 0.4) is 0 Å². The van der Waals surface area contributed by atoms with Crippen molar-refractivity contribution in [2.75, 3.05) is 6.54 Å². The van der Waals surface area contributed by atoms with Crippen LogP contribution in [0.25, 0.3) is 11.0 Å². The van der Waals surface area contributed by atoms with Crippen LogP contribution in [0.15, 0.2) is 28.8 Å². The standard InChI is InChI=1S/C18H23N5O2/c1-11-20-18(25-22-11)12-7-13(16(24)8-12)9-19-10-17-21-14-5-3-4-6-15(14)23(17)2/h3-6,12-13,16,19,24H,7-10H2,1-2H3/t12-,13+,16+/m0/s1. The van der Waals surface area contributed by atoms with Crippen LogP contribution in [0.2, 0.25) is 0 Å². The fourth-order valence-electron chi connectivity index (χ4n) is 3.73. The first kappa shape index (κ1) is 16.2. The average Bonchev–Trinajstić information content (AvgIpc) is 3.27. The lowest BCUT2D eigenvalue weighted by Crippen LogP contribution is -2.28. The molecule has 0 aliphatic heterocycles. The molecule has 0 radical (unpaired) electrons. The number of aliphatic hydroxyl groups excluding tert-OH is 1. The van der Waals surface area contributed by atoms with Crippen LogP contribution >= 0.6 is 0 Å². The van der Waals surface area contributed by atoms with E-state index in [-0.39, 0.29) is 17.9 Å². The Labute approximate surface area is 146 Å². The summed E-state index contributed by atoms with van der Waals surface area (Å²) < 4.78 is 7.37. The van der Waals surface area contributed by atoms with Gasteiger partial charge in [-0.05, 0) is 37.8 Å². The summed E-state index contributed by atoms with van der Waals surface area (Å²) in [5.74, 6) is 2.63. The van der Waals surface area contributed by atoms with Gasteiger partial charge in [0.2, 0.25) is 5.89 Å². The lowest BCUT2D eigenvalue weighted by molar-refractivity contribution is 0.130. The minimum absolute atomic E-state index is 0.152. The van der Waals surface area contributed by atoms with Crippen LogP contribution in [-0.2, 0) is 13.6 Å². The van der Waals surface area contributed by atoms with Crippen molar-refractivity contribution in [1.29, 1.82) is 0 Å². The molecule has 0 bridgehead atoms. The Morgan fingerprint density at radius 1 is 1.28 bits per heavy atom. The van der Waals surface area contributed by atoms with Gasteiger partial charge in [0.25, 0.3) is 0 Å². The molecule has 7 heteroatoms. The van der Waals surface area contributed by atoms with Gasteiger partial charge in [0.15, 0.2) is 5.82 Å². The van der Waals surface area contributed by atoms with Gasteiger partial charge in [-0.15, -0.1) is 0 Å². The van der Waals surface area contributed by atoms with Gasteiger partial charge < -0.3 is 19.5 Å². The molecule has 3 atom stereocenters. The number of rotatable bonds is 5. The predicted octanol–water partition coefficient (Wildman–Crippen LogP) is 1.91. The Bertz CT molecular complexity index is 871. The van der Waals surface area contributed by atoms with Crippen molar-refractivity contribution >= 4 is 11.0 Å². The third kappa shape index (κ3) is 3.17. The van der Waals surface area contributed by atoms with Crippen LogP contribution in [0.4, 0.5) is 0 Å². The molecule has 0 amide bonds. The van der Waals surface area contributed by atoms with Gasteiger partial charge in [0.05, 0.1) is 23.7 Å². The highest BCUT2D eigenvalue weighted by molar-refractivity contribution is 5.75. The number of benzene rings is 1. The number of fused-ring (bicyclic) bond motifs is 1. The van der Waals surface area contributed by atoms with Gasteiger partial charge in [-0.25, -0.2) is 4.98 Å². The molecule has 1 aliphatic rings. The number of aryl methyl sites for hydroxylation is 2. The molecule has 0 saturated heterocycles. The van der Waals surface area contributed by atoms with E-state index in [1.54, 1.807) is 0 Å². The average molecular weight is 341 g/mol. The fraction of sp³-hybridized carbons (Fsp3) is 0.500. The summed E-state index contributed by atoms with van der Waals surface area (Å²) in [7, 11) is 2.03. The maximum atomic E-state index is 10.3. The molecule has 2 N–H and O–H groups in total. The van der Waals surface area contributed by atoms with Crippen molar-refractivity contribution in [1.82, 2.24) is 25.0 Å². The lowest BCUT2D eigenvalue weighted by atomic mass is 10.0. The molecule has 0 unspecified atom stereocenters. The molecule has 1 saturated carbocycles. The molecule has 2 heterocycles. The lowest BCUT2D eigenvalue weighted by Gasteiger charge is -2.14. The Balaban J connectivity index is 1.36. The van der Waals surface area contributed by atoms with Crippen LogP contribution in [0, 0.1) is 12.8 Å². The van der Waals surface area contributed by atoms with Gasteiger partial charge in [-0.1, -0.05) is 17.3 Å². The minimum atomic E-state index is -0.342. The van der Waals surface area contributed by atoms with Crippen LogP contribution in [-0.4, -0.2) is 37.4 Å². The molecule has 1 fully saturated rings. The van der Waals surface area contributed by atoms with E-state index in [1.807, 2.05) is 32.2 Å². The molecule has 2 aromatic heterocycles. The van der Waals surface area contributed by atoms with Crippen molar-refractivity contribution < 1.29 is 9.63 Å². The Kier molecular flexibility index (Phi) is 4.27. The van der Waals surface area contributed by atoms with Gasteiger partial charge >= 0.3 is 0 Å². The molecule has 3 aromatic rings. The first-order chi connectivity index (χ1) is 12.1. The summed E-state index contributed by atoms with van der Waals surface area (Å²) >= 11 is 0. The quantitative estimate of drug-likeness (QED) is 0.737. The highest BCUT2D eigenvalue weighted by Crippen LogP contribution is 2.37. The number of hydrogen-bond donors (Lipinski definition) is 2. The summed E-state index contributed by atoms with van der Waals surface area (Å²) in [6.07, 6.45) is 1.20. The van der Waals surface area contributed by atoms with Crippen LogP contribution in [0.1, 0.15) is 36.3 Å². The van der Waals surface area contributed by atoms with E-state index >= 15 is 0 Å². The second kappa shape index (κ2) is 6.57. The van der Waals surface area contributed by atoms with E-state index in [4.69, 9.17) is 4.52 Å². The number of nitrogens with one attached hydrogen (secondary N) is 1. The first-order valence-electron chi connectivity index (χ1n) is 8.71. The molecule has 7 nitrogen and oxygen atoms in total. The molecule has 25 heavy (non-hydrogen) atoms. The fourth-order valence-corrected chi connectivity index (χ4v) is 3.73. The van der Waals surface area contributed by atoms with Crippen LogP contribution < -0.4 is 5.32 Å². The molecule has 4 rings (SSSR count). The smallest absolute Gasteiger partial charge is 0.229 e. The third-order valence-electron chi connectivity index (χ3n) is 5.12. The van der Waals surface area contributed by atoms with Crippen LogP contribution in [0.5, 0.6) is 0 Å². The van der Waals surface area contributed by atoms with E-state index < -0.39 is 0 Å². The maximum absolute atomic E-state index is 10.3.